The molecule has 0 bridgehead atoms. The molecule has 0 aliphatic heterocycles. The van der Waals surface area contributed by atoms with Crippen LogP contribution in [0.15, 0.2) is 24.3 Å². The lowest BCUT2D eigenvalue weighted by molar-refractivity contribution is 0.800. The molecule has 0 aromatic heterocycles. The Labute approximate surface area is 120 Å². The molecule has 0 unspecified atom stereocenters. The fraction of sp³-hybridized carbons (Fsp3) is 0.500. The van der Waals surface area contributed by atoms with Gasteiger partial charge in [-0.25, -0.2) is 0 Å². The van der Waals surface area contributed by atoms with Gasteiger partial charge in [0.25, 0.3) is 0 Å². The van der Waals surface area contributed by atoms with Gasteiger partial charge in [-0.2, -0.15) is 11.8 Å². The van der Waals surface area contributed by atoms with Crippen LogP contribution in [0.25, 0.3) is 0 Å². The molecule has 100 valence electrons. The van der Waals surface area contributed by atoms with Crippen molar-refractivity contribution in [2.24, 2.45) is 5.73 Å². The number of rotatable bonds is 5. The van der Waals surface area contributed by atoms with Crippen LogP contribution in [-0.4, -0.2) is 29.1 Å². The molecule has 1 rings (SSSR count). The zero-order chi connectivity index (χ0) is 13.8. The zero-order valence-corrected chi connectivity index (χ0v) is 13.2. The Balaban J connectivity index is 2.59. The Hall–Kier alpha value is -0.740. The molecule has 0 aliphatic carbocycles. The maximum atomic E-state index is 5.65. The molecule has 2 N–H and O–H groups in total. The third kappa shape index (κ3) is 5.27. The largest absolute Gasteiger partial charge is 0.389 e. The summed E-state index contributed by atoms with van der Waals surface area (Å²) in [6.07, 6.45) is 0. The number of hydrogen-bond donors (Lipinski definition) is 1. The topological polar surface area (TPSA) is 29.3 Å². The van der Waals surface area contributed by atoms with Gasteiger partial charge in [-0.1, -0.05) is 45.1 Å². The van der Waals surface area contributed by atoms with Crippen LogP contribution in [0.5, 0.6) is 0 Å². The summed E-state index contributed by atoms with van der Waals surface area (Å²) in [4.78, 5) is 2.69. The minimum atomic E-state index is 0.321. The van der Waals surface area contributed by atoms with E-state index in [1.807, 2.05) is 30.0 Å². The minimum Gasteiger partial charge on any atom is -0.389 e. The molecular formula is C14H22N2S2. The van der Waals surface area contributed by atoms with Crippen LogP contribution in [0.2, 0.25) is 0 Å². The first-order valence-electron chi connectivity index (χ1n) is 6.04. The first-order chi connectivity index (χ1) is 8.29. The summed E-state index contributed by atoms with van der Waals surface area (Å²) in [5.74, 6) is 1.11. The number of benzene rings is 1. The van der Waals surface area contributed by atoms with Gasteiger partial charge >= 0.3 is 0 Å². The van der Waals surface area contributed by atoms with Gasteiger partial charge in [0.15, 0.2) is 0 Å². The van der Waals surface area contributed by atoms with Gasteiger partial charge in [-0.3, -0.25) is 0 Å². The van der Waals surface area contributed by atoms with Crippen molar-refractivity contribution in [3.63, 3.8) is 0 Å². The Bertz CT molecular complexity index is 411. The monoisotopic (exact) mass is 282 g/mol. The molecule has 0 aliphatic rings. The molecule has 2 nitrogen and oxygen atoms in total. The van der Waals surface area contributed by atoms with E-state index >= 15 is 0 Å². The number of thiocarbonyl (C=S) groups is 1. The van der Waals surface area contributed by atoms with E-state index in [1.54, 1.807) is 0 Å². The number of thioether (sulfide) groups is 1. The lowest BCUT2D eigenvalue weighted by atomic mass is 10.2. The molecule has 1 aromatic rings. The van der Waals surface area contributed by atoms with Crippen LogP contribution in [0.1, 0.15) is 26.3 Å². The quantitative estimate of drug-likeness (QED) is 0.839. The number of nitrogens with zero attached hydrogens (tertiary/aromatic N) is 1. The molecule has 0 saturated carbocycles. The van der Waals surface area contributed by atoms with Gasteiger partial charge in [0.1, 0.15) is 4.99 Å². The zero-order valence-electron chi connectivity index (χ0n) is 11.6. The van der Waals surface area contributed by atoms with Gasteiger partial charge in [-0.05, 0) is 12.1 Å². The number of anilines is 1. The van der Waals surface area contributed by atoms with E-state index < -0.39 is 0 Å². The standard InChI is InChI=1S/C14H22N2S2/c1-14(2,3)18-9-8-16(4)12-7-5-6-11(10-12)13(15)17/h5-7,10H,8-9H2,1-4H3,(H2,15,17). The van der Waals surface area contributed by atoms with Crippen molar-refractivity contribution in [2.75, 3.05) is 24.2 Å². The molecule has 0 saturated heterocycles. The van der Waals surface area contributed by atoms with Crippen LogP contribution < -0.4 is 10.6 Å². The highest BCUT2D eigenvalue weighted by atomic mass is 32.2. The van der Waals surface area contributed by atoms with E-state index in [4.69, 9.17) is 18.0 Å². The number of nitrogens with two attached hydrogens (primary N) is 1. The molecule has 0 fully saturated rings. The van der Waals surface area contributed by atoms with Gasteiger partial charge in [-0.15, -0.1) is 0 Å². The highest BCUT2D eigenvalue weighted by Crippen LogP contribution is 2.23. The van der Waals surface area contributed by atoms with E-state index in [0.717, 1.165) is 23.5 Å². The molecule has 4 heteroatoms. The van der Waals surface area contributed by atoms with Crippen LogP contribution in [0.3, 0.4) is 0 Å². The second kappa shape index (κ2) is 6.43. The molecular weight excluding hydrogens is 260 g/mol. The molecule has 0 atom stereocenters. The Morgan fingerprint density at radius 3 is 2.61 bits per heavy atom. The molecule has 0 heterocycles. The van der Waals surface area contributed by atoms with Gasteiger partial charge in [0.2, 0.25) is 0 Å². The van der Waals surface area contributed by atoms with Gasteiger partial charge in [0.05, 0.1) is 0 Å². The van der Waals surface area contributed by atoms with E-state index in [1.165, 1.54) is 0 Å². The SMILES string of the molecule is CN(CCSC(C)(C)C)c1cccc(C(N)=S)c1. The molecule has 18 heavy (non-hydrogen) atoms. The van der Waals surface area contributed by atoms with E-state index in [2.05, 4.69) is 38.8 Å². The second-order valence-electron chi connectivity index (χ2n) is 5.30. The third-order valence-corrected chi connectivity index (χ3v) is 4.02. The lowest BCUT2D eigenvalue weighted by Crippen LogP contribution is -2.23. The summed E-state index contributed by atoms with van der Waals surface area (Å²) in [6, 6.07) is 8.08. The van der Waals surface area contributed by atoms with Crippen LogP contribution in [-0.2, 0) is 0 Å². The third-order valence-electron chi connectivity index (χ3n) is 2.53. The first-order valence-corrected chi connectivity index (χ1v) is 7.44. The van der Waals surface area contributed by atoms with Crippen LogP contribution in [0, 0.1) is 0 Å². The van der Waals surface area contributed by atoms with Gasteiger partial charge in [0, 0.05) is 35.3 Å². The van der Waals surface area contributed by atoms with Crippen LogP contribution in [0.4, 0.5) is 5.69 Å². The smallest absolute Gasteiger partial charge is 0.104 e. The summed E-state index contributed by atoms with van der Waals surface area (Å²) in [5, 5.41) is 0. The van der Waals surface area contributed by atoms with E-state index in [-0.39, 0.29) is 0 Å². The average molecular weight is 282 g/mol. The highest BCUT2D eigenvalue weighted by molar-refractivity contribution is 8.00. The van der Waals surface area contributed by atoms with Gasteiger partial charge < -0.3 is 10.6 Å². The summed E-state index contributed by atoms with van der Waals surface area (Å²) in [6.45, 7) is 7.74. The normalized spacial score (nSPS) is 11.3. The van der Waals surface area contributed by atoms with Crippen molar-refractivity contribution in [1.29, 1.82) is 0 Å². The van der Waals surface area contributed by atoms with Crippen molar-refractivity contribution in [3.8, 4) is 0 Å². The Morgan fingerprint density at radius 1 is 1.39 bits per heavy atom. The fourth-order valence-electron chi connectivity index (χ4n) is 1.51. The summed E-state index contributed by atoms with van der Waals surface area (Å²) in [7, 11) is 2.10. The molecule has 0 radical (unpaired) electrons. The molecule has 0 amide bonds. The summed E-state index contributed by atoms with van der Waals surface area (Å²) >= 11 is 6.97. The minimum absolute atomic E-state index is 0.321. The number of hydrogen-bond acceptors (Lipinski definition) is 3. The highest BCUT2D eigenvalue weighted by Gasteiger charge is 2.11. The fourth-order valence-corrected chi connectivity index (χ4v) is 2.62. The summed E-state index contributed by atoms with van der Waals surface area (Å²) in [5.41, 5.74) is 7.74. The van der Waals surface area contributed by atoms with Crippen molar-refractivity contribution >= 4 is 34.7 Å². The maximum Gasteiger partial charge on any atom is 0.104 e. The van der Waals surface area contributed by atoms with Crippen molar-refractivity contribution in [1.82, 2.24) is 0 Å². The maximum absolute atomic E-state index is 5.65. The van der Waals surface area contributed by atoms with Crippen molar-refractivity contribution in [3.05, 3.63) is 29.8 Å². The molecule has 1 aromatic carbocycles. The average Bonchev–Trinajstić information content (AvgIpc) is 2.27. The summed E-state index contributed by atoms with van der Waals surface area (Å²) < 4.78 is 0.321. The lowest BCUT2D eigenvalue weighted by Gasteiger charge is -2.23. The molecule has 0 spiro atoms. The Morgan fingerprint density at radius 2 is 2.06 bits per heavy atom. The first kappa shape index (κ1) is 15.3. The van der Waals surface area contributed by atoms with E-state index in [9.17, 15) is 0 Å². The second-order valence-corrected chi connectivity index (χ2v) is 7.66. The van der Waals surface area contributed by atoms with Crippen molar-refractivity contribution < 1.29 is 0 Å². The Kier molecular flexibility index (Phi) is 5.47. The van der Waals surface area contributed by atoms with Crippen LogP contribution >= 0.6 is 24.0 Å². The predicted molar refractivity (Wildman–Crippen MR) is 87.8 cm³/mol. The predicted octanol–water partition coefficient (Wildman–Crippen LogP) is 3.29. The van der Waals surface area contributed by atoms with Crippen molar-refractivity contribution in [2.45, 2.75) is 25.5 Å². The van der Waals surface area contributed by atoms with E-state index in [0.29, 0.717) is 9.74 Å².